The van der Waals surface area contributed by atoms with Crippen LogP contribution >= 0.6 is 0 Å². The predicted molar refractivity (Wildman–Crippen MR) is 108 cm³/mol. The number of rotatable bonds is 4. The molecule has 2 aromatic rings. The van der Waals surface area contributed by atoms with Gasteiger partial charge in [-0.25, -0.2) is 4.79 Å². The third kappa shape index (κ3) is 3.91. The zero-order chi connectivity index (χ0) is 20.4. The summed E-state index contributed by atoms with van der Waals surface area (Å²) in [5.74, 6) is -1.29. The highest BCUT2D eigenvalue weighted by atomic mass is 16.5. The summed E-state index contributed by atoms with van der Waals surface area (Å²) in [5.41, 5.74) is 1.95. The molecule has 152 valence electrons. The van der Waals surface area contributed by atoms with Gasteiger partial charge in [-0.15, -0.1) is 0 Å². The van der Waals surface area contributed by atoms with Crippen LogP contribution < -0.4 is 0 Å². The van der Waals surface area contributed by atoms with E-state index in [9.17, 15) is 14.7 Å². The van der Waals surface area contributed by atoms with Gasteiger partial charge >= 0.3 is 5.97 Å². The number of carbonyl (C=O) groups is 2. The van der Waals surface area contributed by atoms with Crippen LogP contribution in [0.1, 0.15) is 34.3 Å². The number of piperidine rings is 1. The van der Waals surface area contributed by atoms with Crippen LogP contribution in [-0.4, -0.2) is 58.2 Å². The molecule has 6 heteroatoms. The molecule has 2 saturated heterocycles. The fourth-order valence-electron chi connectivity index (χ4n) is 4.29. The van der Waals surface area contributed by atoms with Gasteiger partial charge in [-0.1, -0.05) is 48.0 Å². The number of amides is 1. The van der Waals surface area contributed by atoms with E-state index in [4.69, 9.17) is 4.74 Å². The smallest absolute Gasteiger partial charge is 0.328 e. The molecule has 2 aliphatic heterocycles. The van der Waals surface area contributed by atoms with Crippen molar-refractivity contribution >= 4 is 11.9 Å². The summed E-state index contributed by atoms with van der Waals surface area (Å²) in [5, 5.41) is 9.70. The molecule has 2 heterocycles. The van der Waals surface area contributed by atoms with Gasteiger partial charge in [0.1, 0.15) is 5.72 Å². The van der Waals surface area contributed by atoms with E-state index >= 15 is 0 Å². The molecule has 0 aromatic heterocycles. The lowest BCUT2D eigenvalue weighted by Gasteiger charge is -2.44. The summed E-state index contributed by atoms with van der Waals surface area (Å²) in [6.45, 7) is 4.33. The first-order chi connectivity index (χ1) is 14.0. The first kappa shape index (κ1) is 19.6. The molecule has 0 bridgehead atoms. The predicted octanol–water partition coefficient (Wildman–Crippen LogP) is 2.91. The lowest BCUT2D eigenvalue weighted by Crippen LogP contribution is -2.58. The summed E-state index contributed by atoms with van der Waals surface area (Å²) >= 11 is 0. The molecule has 0 radical (unpaired) electrons. The van der Waals surface area contributed by atoms with Crippen molar-refractivity contribution < 1.29 is 19.4 Å². The highest BCUT2D eigenvalue weighted by molar-refractivity contribution is 5.97. The number of nitrogens with zero attached hydrogens (tertiary/aromatic N) is 2. The van der Waals surface area contributed by atoms with E-state index in [-0.39, 0.29) is 12.5 Å². The summed E-state index contributed by atoms with van der Waals surface area (Å²) < 4.78 is 6.03. The van der Waals surface area contributed by atoms with Crippen LogP contribution in [0.5, 0.6) is 0 Å². The molecule has 2 aromatic carbocycles. The number of likely N-dealkylation sites (tertiary alicyclic amines) is 1. The quantitative estimate of drug-likeness (QED) is 0.864. The van der Waals surface area contributed by atoms with Crippen molar-refractivity contribution in [3.8, 4) is 0 Å². The maximum absolute atomic E-state index is 13.3. The van der Waals surface area contributed by atoms with E-state index in [1.807, 2.05) is 37.3 Å². The Labute approximate surface area is 170 Å². The van der Waals surface area contributed by atoms with Gasteiger partial charge in [0.15, 0.2) is 6.04 Å². The van der Waals surface area contributed by atoms with Crippen molar-refractivity contribution in [2.75, 3.05) is 19.7 Å². The second-order valence-electron chi connectivity index (χ2n) is 7.91. The third-order valence-corrected chi connectivity index (χ3v) is 5.95. The number of carboxylic acid groups (broad SMARTS) is 1. The Bertz CT molecular complexity index is 874. The monoisotopic (exact) mass is 394 g/mol. The van der Waals surface area contributed by atoms with Gasteiger partial charge in [0.25, 0.3) is 5.91 Å². The van der Waals surface area contributed by atoms with Crippen LogP contribution in [0.25, 0.3) is 0 Å². The minimum Gasteiger partial charge on any atom is -0.480 e. The van der Waals surface area contributed by atoms with E-state index in [0.29, 0.717) is 18.4 Å². The largest absolute Gasteiger partial charge is 0.480 e. The lowest BCUT2D eigenvalue weighted by atomic mass is 9.96. The van der Waals surface area contributed by atoms with E-state index in [1.54, 1.807) is 12.1 Å². The van der Waals surface area contributed by atoms with Crippen molar-refractivity contribution in [3.05, 3.63) is 71.3 Å². The number of hydrogen-bond donors (Lipinski definition) is 1. The molecule has 1 spiro atoms. The van der Waals surface area contributed by atoms with Crippen molar-refractivity contribution in [2.24, 2.45) is 0 Å². The molecule has 2 aliphatic rings. The molecule has 2 fully saturated rings. The molecule has 1 amide bonds. The zero-order valence-corrected chi connectivity index (χ0v) is 16.6. The van der Waals surface area contributed by atoms with Gasteiger partial charge in [-0.2, -0.15) is 0 Å². The van der Waals surface area contributed by atoms with Gasteiger partial charge in [-0.3, -0.25) is 14.6 Å². The maximum atomic E-state index is 13.3. The first-order valence-corrected chi connectivity index (χ1v) is 10.0. The summed E-state index contributed by atoms with van der Waals surface area (Å²) in [4.78, 5) is 28.9. The van der Waals surface area contributed by atoms with Crippen LogP contribution in [-0.2, 0) is 16.1 Å². The van der Waals surface area contributed by atoms with E-state index in [0.717, 1.165) is 25.2 Å². The Balaban J connectivity index is 1.53. The van der Waals surface area contributed by atoms with Crippen LogP contribution in [0.4, 0.5) is 0 Å². The fourth-order valence-corrected chi connectivity index (χ4v) is 4.29. The molecule has 4 rings (SSSR count). The first-order valence-electron chi connectivity index (χ1n) is 10.0. The molecular weight excluding hydrogens is 368 g/mol. The normalized spacial score (nSPS) is 21.4. The molecule has 1 atom stereocenters. The second-order valence-corrected chi connectivity index (χ2v) is 7.91. The van der Waals surface area contributed by atoms with E-state index in [1.165, 1.54) is 10.5 Å². The van der Waals surface area contributed by atoms with E-state index < -0.39 is 17.7 Å². The van der Waals surface area contributed by atoms with Gasteiger partial charge in [-0.05, 0) is 24.6 Å². The molecular formula is C23H26N2O4. The molecule has 1 N–H and O–H groups in total. The van der Waals surface area contributed by atoms with Gasteiger partial charge in [0, 0.05) is 38.0 Å². The number of ether oxygens (including phenoxy) is 1. The highest BCUT2D eigenvalue weighted by Crippen LogP contribution is 2.38. The van der Waals surface area contributed by atoms with Gasteiger partial charge in [0.05, 0.1) is 6.61 Å². The number of carboxylic acids is 1. The van der Waals surface area contributed by atoms with Gasteiger partial charge < -0.3 is 9.84 Å². The molecule has 0 aliphatic carbocycles. The van der Waals surface area contributed by atoms with Gasteiger partial charge in [0.2, 0.25) is 0 Å². The number of carbonyl (C=O) groups excluding carboxylic acids is 1. The van der Waals surface area contributed by atoms with Crippen molar-refractivity contribution in [2.45, 2.75) is 38.1 Å². The zero-order valence-electron chi connectivity index (χ0n) is 16.6. The van der Waals surface area contributed by atoms with Crippen LogP contribution in [0.15, 0.2) is 54.6 Å². The van der Waals surface area contributed by atoms with Crippen molar-refractivity contribution in [1.82, 2.24) is 9.80 Å². The van der Waals surface area contributed by atoms with Crippen LogP contribution in [0.3, 0.4) is 0 Å². The third-order valence-electron chi connectivity index (χ3n) is 5.95. The molecule has 6 nitrogen and oxygen atoms in total. The average Bonchev–Trinajstić information content (AvgIpc) is 3.10. The van der Waals surface area contributed by atoms with Crippen LogP contribution in [0, 0.1) is 6.92 Å². The average molecular weight is 394 g/mol. The Hall–Kier alpha value is -2.70. The number of hydrogen-bond acceptors (Lipinski definition) is 4. The lowest BCUT2D eigenvalue weighted by molar-refractivity contribution is -0.144. The Kier molecular flexibility index (Phi) is 5.39. The Morgan fingerprint density at radius 1 is 1.07 bits per heavy atom. The fraction of sp³-hybridized carbons (Fsp3) is 0.391. The molecule has 29 heavy (non-hydrogen) atoms. The highest BCUT2D eigenvalue weighted by Gasteiger charge is 2.54. The van der Waals surface area contributed by atoms with Crippen LogP contribution in [0.2, 0.25) is 0 Å². The number of benzene rings is 2. The number of aliphatic carboxylic acids is 1. The Morgan fingerprint density at radius 3 is 2.34 bits per heavy atom. The van der Waals surface area contributed by atoms with Crippen molar-refractivity contribution in [1.29, 1.82) is 0 Å². The van der Waals surface area contributed by atoms with E-state index in [2.05, 4.69) is 17.0 Å². The Morgan fingerprint density at radius 2 is 1.72 bits per heavy atom. The summed E-state index contributed by atoms with van der Waals surface area (Å²) in [7, 11) is 0. The minimum absolute atomic E-state index is 0.0334. The topological polar surface area (TPSA) is 70.1 Å². The SMILES string of the molecule is Cc1ccc(C(=O)N2[C@H](C(=O)O)COC23CCN(Cc2ccccc2)CC3)cc1. The van der Waals surface area contributed by atoms with Crippen molar-refractivity contribution in [3.63, 3.8) is 0 Å². The second kappa shape index (κ2) is 7.97. The summed E-state index contributed by atoms with van der Waals surface area (Å²) in [6.07, 6.45) is 1.20. The number of aryl methyl sites for hydroxylation is 1. The summed E-state index contributed by atoms with van der Waals surface area (Å²) in [6, 6.07) is 16.6. The maximum Gasteiger partial charge on any atom is 0.328 e. The molecule has 0 saturated carbocycles. The minimum atomic E-state index is -1.02. The molecule has 0 unspecified atom stereocenters. The standard InChI is InChI=1S/C23H26N2O4/c1-17-7-9-19(10-8-17)21(26)25-20(22(27)28)16-29-23(25)11-13-24(14-12-23)15-18-5-3-2-4-6-18/h2-10,20H,11-16H2,1H3,(H,27,28)/t20-/m0/s1.